The van der Waals surface area contributed by atoms with Gasteiger partial charge in [0, 0.05) is 0 Å². The van der Waals surface area contributed by atoms with Crippen LogP contribution in [-0.4, -0.2) is 21.0 Å². The third kappa shape index (κ3) is 2.30. The van der Waals surface area contributed by atoms with Crippen molar-refractivity contribution in [3.8, 4) is 0 Å². The van der Waals surface area contributed by atoms with E-state index in [1.54, 1.807) is 4.98 Å². The number of H-pyrrole nitrogens is 2. The van der Waals surface area contributed by atoms with E-state index in [0.717, 1.165) is 0 Å². The standard InChI is InChI=1S/C5H3FN2O4.Li.H/c6-1-2(4(10)11)7-5(12)8-3(1)9;;/h(H,10,11)(H2,7,8,9,12);;/q;+1;-1. The molecular formula is C5H4FLiN2O4. The van der Waals surface area contributed by atoms with E-state index in [-0.39, 0.29) is 20.3 Å². The Balaban J connectivity index is 0. The fraction of sp³-hybridized carbons (Fsp3) is 0. The number of carboxylic acids is 1. The second-order valence-electron chi connectivity index (χ2n) is 1.90. The van der Waals surface area contributed by atoms with Gasteiger partial charge in [-0.05, 0) is 0 Å². The van der Waals surface area contributed by atoms with E-state index in [2.05, 4.69) is 0 Å². The zero-order chi connectivity index (χ0) is 9.30. The molecule has 13 heavy (non-hydrogen) atoms. The van der Waals surface area contributed by atoms with Gasteiger partial charge in [-0.25, -0.2) is 9.59 Å². The molecule has 0 aliphatic heterocycles. The predicted molar refractivity (Wildman–Crippen MR) is 35.7 cm³/mol. The van der Waals surface area contributed by atoms with Crippen molar-refractivity contribution in [3.63, 3.8) is 0 Å². The van der Waals surface area contributed by atoms with Gasteiger partial charge in [0.15, 0.2) is 5.69 Å². The average molecular weight is 182 g/mol. The Hall–Kier alpha value is -1.32. The third-order valence-corrected chi connectivity index (χ3v) is 1.10. The van der Waals surface area contributed by atoms with Crippen LogP contribution in [-0.2, 0) is 0 Å². The number of nitrogens with one attached hydrogen (secondary N) is 2. The molecule has 0 radical (unpaired) electrons. The number of aromatic amines is 2. The zero-order valence-corrected chi connectivity index (χ0v) is 6.55. The average Bonchev–Trinajstić information content (AvgIpc) is 1.96. The van der Waals surface area contributed by atoms with Gasteiger partial charge in [-0.1, -0.05) is 0 Å². The number of halogens is 1. The topological polar surface area (TPSA) is 103 Å². The molecule has 1 heterocycles. The van der Waals surface area contributed by atoms with E-state index in [4.69, 9.17) is 5.11 Å². The van der Waals surface area contributed by atoms with Crippen molar-refractivity contribution in [2.75, 3.05) is 0 Å². The molecule has 1 aromatic heterocycles. The van der Waals surface area contributed by atoms with E-state index in [1.165, 1.54) is 4.98 Å². The molecule has 3 N–H and O–H groups in total. The van der Waals surface area contributed by atoms with Crippen LogP contribution < -0.4 is 30.1 Å². The van der Waals surface area contributed by atoms with Crippen LogP contribution in [0.2, 0.25) is 0 Å². The minimum atomic E-state index is -1.70. The first kappa shape index (κ1) is 11.7. The van der Waals surface area contributed by atoms with Crippen molar-refractivity contribution in [1.29, 1.82) is 0 Å². The normalized spacial score (nSPS) is 9.00. The van der Waals surface area contributed by atoms with Crippen LogP contribution in [0.25, 0.3) is 0 Å². The molecule has 0 atom stereocenters. The number of rotatable bonds is 1. The largest absolute Gasteiger partial charge is 1.00 e. The minimum Gasteiger partial charge on any atom is -1.00 e. The summed E-state index contributed by atoms with van der Waals surface area (Å²) in [5.74, 6) is -3.21. The summed E-state index contributed by atoms with van der Waals surface area (Å²) >= 11 is 0. The molecule has 0 spiro atoms. The van der Waals surface area contributed by atoms with Crippen LogP contribution in [0.5, 0.6) is 0 Å². The molecule has 6 nitrogen and oxygen atoms in total. The van der Waals surface area contributed by atoms with Crippen molar-refractivity contribution >= 4 is 5.97 Å². The van der Waals surface area contributed by atoms with Crippen molar-refractivity contribution < 1.29 is 34.6 Å². The maximum atomic E-state index is 12.5. The Bertz CT molecular complexity index is 442. The molecule has 0 saturated carbocycles. The molecule has 66 valence electrons. The van der Waals surface area contributed by atoms with Crippen molar-refractivity contribution in [1.82, 2.24) is 9.97 Å². The van der Waals surface area contributed by atoms with E-state index in [0.29, 0.717) is 0 Å². The minimum absolute atomic E-state index is 0. The number of hydrogen-bond acceptors (Lipinski definition) is 3. The third-order valence-electron chi connectivity index (χ3n) is 1.10. The van der Waals surface area contributed by atoms with Crippen LogP contribution in [0, 0.1) is 5.82 Å². The van der Waals surface area contributed by atoms with Gasteiger partial charge in [-0.15, -0.1) is 0 Å². The predicted octanol–water partition coefficient (Wildman–Crippen LogP) is -3.98. The molecule has 0 aromatic carbocycles. The van der Waals surface area contributed by atoms with Crippen molar-refractivity contribution in [2.24, 2.45) is 0 Å². The van der Waals surface area contributed by atoms with Gasteiger partial charge in [-0.2, -0.15) is 4.39 Å². The monoisotopic (exact) mass is 182 g/mol. The number of carbonyl (C=O) groups is 1. The van der Waals surface area contributed by atoms with Gasteiger partial charge in [0.05, 0.1) is 0 Å². The van der Waals surface area contributed by atoms with Gasteiger partial charge < -0.3 is 6.53 Å². The number of hydrogen-bond donors (Lipinski definition) is 3. The van der Waals surface area contributed by atoms with Crippen LogP contribution in [0.4, 0.5) is 4.39 Å². The van der Waals surface area contributed by atoms with Gasteiger partial charge in [0.2, 0.25) is 5.82 Å². The molecule has 8 heteroatoms. The molecule has 0 aliphatic carbocycles. The molecule has 1 rings (SSSR count). The quantitative estimate of drug-likeness (QED) is 0.385. The molecule has 1 aromatic rings. The summed E-state index contributed by atoms with van der Waals surface area (Å²) in [5.41, 5.74) is -3.45. The van der Waals surface area contributed by atoms with E-state index < -0.39 is 28.7 Å². The van der Waals surface area contributed by atoms with Crippen molar-refractivity contribution in [3.05, 3.63) is 32.3 Å². The number of aromatic nitrogens is 2. The SMILES string of the molecule is O=C(O)c1[nH]c(=O)[nH]c(=O)c1F.[H-].[Li+]. The molecule has 0 aliphatic rings. The molecule has 0 fully saturated rings. The number of carboxylic acid groups (broad SMARTS) is 1. The van der Waals surface area contributed by atoms with Gasteiger partial charge in [-0.3, -0.25) is 14.8 Å². The molecule has 0 bridgehead atoms. The van der Waals surface area contributed by atoms with Crippen molar-refractivity contribution in [2.45, 2.75) is 0 Å². The van der Waals surface area contributed by atoms with Crippen LogP contribution >= 0.6 is 0 Å². The Labute approximate surface area is 83.5 Å². The molecule has 0 amide bonds. The summed E-state index contributed by atoms with van der Waals surface area (Å²) in [6.07, 6.45) is 0. The van der Waals surface area contributed by atoms with Gasteiger partial charge in [0.25, 0.3) is 5.56 Å². The summed E-state index contributed by atoms with van der Waals surface area (Å²) in [5, 5.41) is 8.25. The van der Waals surface area contributed by atoms with Crippen LogP contribution in [0.3, 0.4) is 0 Å². The molecular weight excluding hydrogens is 178 g/mol. The summed E-state index contributed by atoms with van der Waals surface area (Å²) in [6.45, 7) is 0. The van der Waals surface area contributed by atoms with Crippen LogP contribution in [0.15, 0.2) is 9.59 Å². The second-order valence-corrected chi connectivity index (χ2v) is 1.90. The fourth-order valence-corrected chi connectivity index (χ4v) is 0.619. The Morgan fingerprint density at radius 3 is 2.38 bits per heavy atom. The Morgan fingerprint density at radius 2 is 1.92 bits per heavy atom. The molecule has 0 saturated heterocycles. The summed E-state index contributed by atoms with van der Waals surface area (Å²) < 4.78 is 12.5. The first-order valence-electron chi connectivity index (χ1n) is 2.77. The Morgan fingerprint density at radius 1 is 1.38 bits per heavy atom. The summed E-state index contributed by atoms with van der Waals surface area (Å²) in [7, 11) is 0. The number of aromatic carboxylic acids is 1. The summed E-state index contributed by atoms with van der Waals surface area (Å²) in [6, 6.07) is 0. The van der Waals surface area contributed by atoms with Gasteiger partial charge in [0.1, 0.15) is 0 Å². The van der Waals surface area contributed by atoms with E-state index >= 15 is 0 Å². The zero-order valence-electron chi connectivity index (χ0n) is 7.55. The molecule has 0 unspecified atom stereocenters. The maximum Gasteiger partial charge on any atom is 1.00 e. The fourth-order valence-electron chi connectivity index (χ4n) is 0.619. The second kappa shape index (κ2) is 4.07. The van der Waals surface area contributed by atoms with Crippen LogP contribution in [0.1, 0.15) is 11.9 Å². The maximum absolute atomic E-state index is 12.5. The van der Waals surface area contributed by atoms with E-state index in [1.807, 2.05) is 0 Å². The smallest absolute Gasteiger partial charge is 1.00 e. The first-order chi connectivity index (χ1) is 5.52. The van der Waals surface area contributed by atoms with Gasteiger partial charge >= 0.3 is 30.5 Å². The first-order valence-corrected chi connectivity index (χ1v) is 2.77. The summed E-state index contributed by atoms with van der Waals surface area (Å²) in [4.78, 5) is 34.2. The van der Waals surface area contributed by atoms with E-state index in [9.17, 15) is 18.8 Å². The Kier molecular flexibility index (Phi) is 3.65.